The van der Waals surface area contributed by atoms with Gasteiger partial charge in [0.1, 0.15) is 23.4 Å². The van der Waals surface area contributed by atoms with E-state index >= 15 is 0 Å². The van der Waals surface area contributed by atoms with Crippen LogP contribution in [0.2, 0.25) is 0 Å². The Balaban J connectivity index is 2.06. The molecule has 0 bridgehead atoms. The molecular formula is C14H10N4O. The highest BCUT2D eigenvalue weighted by molar-refractivity contribution is 5.83. The van der Waals surface area contributed by atoms with Gasteiger partial charge in [-0.3, -0.25) is 0 Å². The SMILES string of the molecule is N#Cc1cc2[nH]ccc2cc1Oc1ccnc(N)c1. The molecular weight excluding hydrogens is 240 g/mol. The highest BCUT2D eigenvalue weighted by Crippen LogP contribution is 2.29. The minimum atomic E-state index is 0.374. The van der Waals surface area contributed by atoms with Crippen molar-refractivity contribution in [1.82, 2.24) is 9.97 Å². The molecule has 0 aliphatic rings. The number of aromatic nitrogens is 2. The second kappa shape index (κ2) is 4.35. The van der Waals surface area contributed by atoms with Crippen molar-refractivity contribution in [3.8, 4) is 17.6 Å². The standard InChI is InChI=1S/C14H10N4O/c15-8-10-5-12-9(1-3-17-12)6-13(10)19-11-2-4-18-14(16)7-11/h1-7,17H,(H2,16,18). The molecule has 19 heavy (non-hydrogen) atoms. The number of rotatable bonds is 2. The monoisotopic (exact) mass is 250 g/mol. The number of nitrogens with one attached hydrogen (secondary N) is 1. The summed E-state index contributed by atoms with van der Waals surface area (Å²) in [4.78, 5) is 6.95. The topological polar surface area (TPSA) is 87.7 Å². The predicted molar refractivity (Wildman–Crippen MR) is 71.7 cm³/mol. The Morgan fingerprint density at radius 2 is 2.16 bits per heavy atom. The van der Waals surface area contributed by atoms with E-state index in [9.17, 15) is 0 Å². The van der Waals surface area contributed by atoms with Crippen LogP contribution < -0.4 is 10.5 Å². The molecule has 0 unspecified atom stereocenters. The lowest BCUT2D eigenvalue weighted by molar-refractivity contribution is 0.481. The molecule has 2 aromatic heterocycles. The first-order valence-electron chi connectivity index (χ1n) is 5.67. The van der Waals surface area contributed by atoms with Gasteiger partial charge < -0.3 is 15.5 Å². The van der Waals surface area contributed by atoms with Crippen molar-refractivity contribution in [2.45, 2.75) is 0 Å². The average Bonchev–Trinajstić information content (AvgIpc) is 2.85. The number of nitrogens with two attached hydrogens (primary N) is 1. The third-order valence-electron chi connectivity index (χ3n) is 2.75. The number of nitriles is 1. The molecule has 0 atom stereocenters. The number of nitrogens with zero attached hydrogens (tertiary/aromatic N) is 2. The maximum Gasteiger partial charge on any atom is 0.145 e. The van der Waals surface area contributed by atoms with E-state index in [-0.39, 0.29) is 0 Å². The Morgan fingerprint density at radius 1 is 1.26 bits per heavy atom. The maximum atomic E-state index is 9.17. The number of fused-ring (bicyclic) bond motifs is 1. The molecule has 5 nitrogen and oxygen atoms in total. The van der Waals surface area contributed by atoms with Crippen LogP contribution in [0.1, 0.15) is 5.56 Å². The second-order valence-corrected chi connectivity index (χ2v) is 4.04. The van der Waals surface area contributed by atoms with Gasteiger partial charge in [-0.2, -0.15) is 5.26 Å². The minimum Gasteiger partial charge on any atom is -0.456 e. The van der Waals surface area contributed by atoms with Crippen molar-refractivity contribution in [3.63, 3.8) is 0 Å². The Morgan fingerprint density at radius 3 is 2.95 bits per heavy atom. The van der Waals surface area contributed by atoms with Gasteiger partial charge in [-0.25, -0.2) is 4.98 Å². The number of ether oxygens (including phenoxy) is 1. The summed E-state index contributed by atoms with van der Waals surface area (Å²) in [5.41, 5.74) is 6.96. The molecule has 1 aromatic carbocycles. The summed E-state index contributed by atoms with van der Waals surface area (Å²) in [6.07, 6.45) is 3.38. The maximum absolute atomic E-state index is 9.17. The lowest BCUT2D eigenvalue weighted by Crippen LogP contribution is -1.92. The Hall–Kier alpha value is -3.00. The van der Waals surface area contributed by atoms with Crippen LogP contribution >= 0.6 is 0 Å². The van der Waals surface area contributed by atoms with Gasteiger partial charge in [0.25, 0.3) is 0 Å². The number of hydrogen-bond acceptors (Lipinski definition) is 4. The zero-order valence-corrected chi connectivity index (χ0v) is 9.92. The van der Waals surface area contributed by atoms with Crippen LogP contribution in [0, 0.1) is 11.3 Å². The number of hydrogen-bond donors (Lipinski definition) is 2. The Kier molecular flexibility index (Phi) is 2.54. The van der Waals surface area contributed by atoms with Gasteiger partial charge in [-0.1, -0.05) is 0 Å². The number of aromatic amines is 1. The van der Waals surface area contributed by atoms with Crippen molar-refractivity contribution in [2.24, 2.45) is 0 Å². The summed E-state index contributed by atoms with van der Waals surface area (Å²) >= 11 is 0. The molecule has 0 amide bonds. The van der Waals surface area contributed by atoms with E-state index < -0.39 is 0 Å². The van der Waals surface area contributed by atoms with E-state index in [4.69, 9.17) is 15.7 Å². The third kappa shape index (κ3) is 2.07. The van der Waals surface area contributed by atoms with Gasteiger partial charge in [0.15, 0.2) is 0 Å². The zero-order chi connectivity index (χ0) is 13.2. The van der Waals surface area contributed by atoms with Gasteiger partial charge >= 0.3 is 0 Å². The van der Waals surface area contributed by atoms with Crippen molar-refractivity contribution in [1.29, 1.82) is 5.26 Å². The molecule has 5 heteroatoms. The molecule has 0 fully saturated rings. The average molecular weight is 250 g/mol. The van der Waals surface area contributed by atoms with E-state index in [1.165, 1.54) is 0 Å². The highest BCUT2D eigenvalue weighted by atomic mass is 16.5. The van der Waals surface area contributed by atoms with Crippen LogP contribution in [0.4, 0.5) is 5.82 Å². The van der Waals surface area contributed by atoms with Gasteiger partial charge in [0.2, 0.25) is 0 Å². The molecule has 0 radical (unpaired) electrons. The van der Waals surface area contributed by atoms with Crippen LogP contribution in [0.5, 0.6) is 11.5 Å². The molecule has 3 aromatic rings. The molecule has 3 N–H and O–H groups in total. The van der Waals surface area contributed by atoms with Gasteiger partial charge in [-0.15, -0.1) is 0 Å². The first-order chi connectivity index (χ1) is 9.26. The molecule has 0 spiro atoms. The predicted octanol–water partition coefficient (Wildman–Crippen LogP) is 2.81. The summed E-state index contributed by atoms with van der Waals surface area (Å²) in [6, 6.07) is 10.9. The highest BCUT2D eigenvalue weighted by Gasteiger charge is 2.08. The quantitative estimate of drug-likeness (QED) is 0.732. The summed E-state index contributed by atoms with van der Waals surface area (Å²) in [5.74, 6) is 1.43. The van der Waals surface area contributed by atoms with Gasteiger partial charge in [0.05, 0.1) is 5.56 Å². The number of H-pyrrole nitrogens is 1. The summed E-state index contributed by atoms with van der Waals surface area (Å²) in [7, 11) is 0. The fourth-order valence-electron chi connectivity index (χ4n) is 1.87. The summed E-state index contributed by atoms with van der Waals surface area (Å²) in [5, 5.41) is 10.1. The van der Waals surface area contributed by atoms with E-state index in [2.05, 4.69) is 16.0 Å². The zero-order valence-electron chi connectivity index (χ0n) is 9.92. The van der Waals surface area contributed by atoms with Gasteiger partial charge in [0, 0.05) is 29.4 Å². The lowest BCUT2D eigenvalue weighted by atomic mass is 10.1. The molecule has 2 heterocycles. The van der Waals surface area contributed by atoms with Crippen LogP contribution in [0.25, 0.3) is 10.9 Å². The summed E-state index contributed by atoms with van der Waals surface area (Å²) < 4.78 is 5.70. The summed E-state index contributed by atoms with van der Waals surface area (Å²) in [6.45, 7) is 0. The smallest absolute Gasteiger partial charge is 0.145 e. The fraction of sp³-hybridized carbons (Fsp3) is 0. The molecule has 92 valence electrons. The largest absolute Gasteiger partial charge is 0.456 e. The number of pyridine rings is 1. The number of anilines is 1. The lowest BCUT2D eigenvalue weighted by Gasteiger charge is -2.08. The molecule has 0 aliphatic heterocycles. The van der Waals surface area contributed by atoms with Crippen LogP contribution in [0.3, 0.4) is 0 Å². The third-order valence-corrected chi connectivity index (χ3v) is 2.75. The second-order valence-electron chi connectivity index (χ2n) is 4.04. The van der Waals surface area contributed by atoms with Crippen LogP contribution in [-0.2, 0) is 0 Å². The van der Waals surface area contributed by atoms with E-state index in [0.29, 0.717) is 22.9 Å². The number of nitrogen functional groups attached to an aromatic ring is 1. The van der Waals surface area contributed by atoms with Crippen molar-refractivity contribution < 1.29 is 4.74 Å². The molecule has 3 rings (SSSR count). The van der Waals surface area contributed by atoms with Gasteiger partial charge in [-0.05, 0) is 24.3 Å². The Bertz CT molecular complexity index is 785. The first-order valence-corrected chi connectivity index (χ1v) is 5.67. The minimum absolute atomic E-state index is 0.374. The normalized spacial score (nSPS) is 10.3. The molecule has 0 aliphatic carbocycles. The molecule has 0 saturated carbocycles. The van der Waals surface area contributed by atoms with E-state index in [1.54, 1.807) is 24.4 Å². The fourth-order valence-corrected chi connectivity index (χ4v) is 1.87. The first kappa shape index (κ1) is 11.1. The van der Waals surface area contributed by atoms with Crippen molar-refractivity contribution in [3.05, 3.63) is 48.3 Å². The van der Waals surface area contributed by atoms with Crippen LogP contribution in [-0.4, -0.2) is 9.97 Å². The molecule has 0 saturated heterocycles. The Labute approximate surface area is 109 Å². The van der Waals surface area contributed by atoms with E-state index in [1.807, 2.05) is 18.3 Å². The van der Waals surface area contributed by atoms with E-state index in [0.717, 1.165) is 10.9 Å². The van der Waals surface area contributed by atoms with Crippen molar-refractivity contribution >= 4 is 16.7 Å². The van der Waals surface area contributed by atoms with Crippen LogP contribution in [0.15, 0.2) is 42.7 Å². The number of benzene rings is 1. The van der Waals surface area contributed by atoms with Crippen molar-refractivity contribution in [2.75, 3.05) is 5.73 Å².